The van der Waals surface area contributed by atoms with Gasteiger partial charge in [-0.25, -0.2) is 9.78 Å². The van der Waals surface area contributed by atoms with Gasteiger partial charge in [0.1, 0.15) is 11.4 Å². The van der Waals surface area contributed by atoms with Crippen LogP contribution in [0.25, 0.3) is 17.8 Å². The minimum Gasteiger partial charge on any atom is -0.493 e. The first-order valence-electron chi connectivity index (χ1n) is 9.73. The smallest absolute Gasteiger partial charge is 0.337 e. The third-order valence-corrected chi connectivity index (χ3v) is 4.62. The molecule has 0 unspecified atom stereocenters. The lowest BCUT2D eigenvalue weighted by atomic mass is 10.1. The molecule has 0 amide bonds. The van der Waals surface area contributed by atoms with Crippen LogP contribution in [0.5, 0.6) is 5.75 Å². The molecule has 0 fully saturated rings. The second-order valence-electron chi connectivity index (χ2n) is 6.64. The van der Waals surface area contributed by atoms with Crippen molar-refractivity contribution >= 4 is 23.8 Å². The van der Waals surface area contributed by atoms with Crippen molar-refractivity contribution in [3.63, 3.8) is 0 Å². The Balaban J connectivity index is 2.12. The molecule has 6 nitrogen and oxygen atoms in total. The Kier molecular flexibility index (Phi) is 6.44. The van der Waals surface area contributed by atoms with Gasteiger partial charge in [0, 0.05) is 17.3 Å². The first-order valence-corrected chi connectivity index (χ1v) is 9.73. The third kappa shape index (κ3) is 4.54. The standard InChI is InChI=1S/C23H24N2O4/c1-3-5-9-18-19(13-11-16-8-6-7-10-20(16)29-4-2)24-21-14-12-17(23(27)28)15-25(21)22(18)26/h6-8,10-15H,3-5,9H2,1-2H3,(H,27,28). The van der Waals surface area contributed by atoms with Gasteiger partial charge in [0.2, 0.25) is 0 Å². The summed E-state index contributed by atoms with van der Waals surface area (Å²) in [7, 11) is 0. The molecular formula is C23H24N2O4. The molecule has 0 atom stereocenters. The maximum absolute atomic E-state index is 13.1. The molecule has 2 aromatic heterocycles. The Morgan fingerprint density at radius 1 is 1.17 bits per heavy atom. The minimum atomic E-state index is -1.08. The van der Waals surface area contributed by atoms with Gasteiger partial charge in [0.05, 0.1) is 17.9 Å². The summed E-state index contributed by atoms with van der Waals surface area (Å²) in [4.78, 5) is 29.0. The highest BCUT2D eigenvalue weighted by molar-refractivity contribution is 5.87. The summed E-state index contributed by atoms with van der Waals surface area (Å²) >= 11 is 0. The fraction of sp³-hybridized carbons (Fsp3) is 0.261. The summed E-state index contributed by atoms with van der Waals surface area (Å²) in [5.74, 6) is -0.310. The zero-order valence-corrected chi connectivity index (χ0v) is 16.6. The Morgan fingerprint density at radius 2 is 1.97 bits per heavy atom. The van der Waals surface area contributed by atoms with E-state index in [4.69, 9.17) is 4.74 Å². The van der Waals surface area contributed by atoms with Gasteiger partial charge in [0.25, 0.3) is 5.56 Å². The molecule has 0 radical (unpaired) electrons. The number of hydrogen-bond donors (Lipinski definition) is 1. The van der Waals surface area contributed by atoms with E-state index in [1.54, 1.807) is 6.07 Å². The summed E-state index contributed by atoms with van der Waals surface area (Å²) in [6.45, 7) is 4.55. The van der Waals surface area contributed by atoms with Crippen molar-refractivity contribution in [2.45, 2.75) is 33.1 Å². The number of hydrogen-bond acceptors (Lipinski definition) is 4. The average molecular weight is 392 g/mol. The predicted molar refractivity (Wildman–Crippen MR) is 114 cm³/mol. The number of pyridine rings is 1. The lowest BCUT2D eigenvalue weighted by Gasteiger charge is -2.10. The summed E-state index contributed by atoms with van der Waals surface area (Å²) in [6, 6.07) is 10.7. The number of aromatic nitrogens is 2. The van der Waals surface area contributed by atoms with Gasteiger partial charge in [-0.3, -0.25) is 9.20 Å². The molecule has 0 spiro atoms. The van der Waals surface area contributed by atoms with Crippen LogP contribution in [0.3, 0.4) is 0 Å². The van der Waals surface area contributed by atoms with Crippen LogP contribution in [-0.4, -0.2) is 27.1 Å². The molecule has 0 saturated carbocycles. The van der Waals surface area contributed by atoms with Gasteiger partial charge in [-0.05, 0) is 50.1 Å². The number of carboxylic acids is 1. The maximum atomic E-state index is 13.1. The van der Waals surface area contributed by atoms with Crippen LogP contribution >= 0.6 is 0 Å². The molecule has 1 aromatic carbocycles. The molecule has 1 N–H and O–H groups in total. The van der Waals surface area contributed by atoms with Gasteiger partial charge in [-0.1, -0.05) is 31.5 Å². The molecule has 0 saturated heterocycles. The summed E-state index contributed by atoms with van der Waals surface area (Å²) < 4.78 is 6.98. The van der Waals surface area contributed by atoms with Crippen molar-refractivity contribution in [2.75, 3.05) is 6.61 Å². The highest BCUT2D eigenvalue weighted by atomic mass is 16.5. The van der Waals surface area contributed by atoms with Gasteiger partial charge in [-0.15, -0.1) is 0 Å². The van der Waals surface area contributed by atoms with Crippen LogP contribution in [0.1, 0.15) is 53.9 Å². The summed E-state index contributed by atoms with van der Waals surface area (Å²) in [6.07, 6.45) is 7.42. The quantitative estimate of drug-likeness (QED) is 0.618. The molecule has 3 aromatic rings. The predicted octanol–water partition coefficient (Wildman–Crippen LogP) is 4.30. The van der Waals surface area contributed by atoms with Crippen molar-refractivity contribution < 1.29 is 14.6 Å². The SMILES string of the molecule is CCCCc1c(C=Cc2ccccc2OCC)nc2ccc(C(=O)O)cn2c1=O. The number of carboxylic acid groups (broad SMARTS) is 1. The third-order valence-electron chi connectivity index (χ3n) is 4.62. The lowest BCUT2D eigenvalue weighted by molar-refractivity contribution is 0.0696. The van der Waals surface area contributed by atoms with Crippen molar-refractivity contribution in [3.8, 4) is 5.75 Å². The number of fused-ring (bicyclic) bond motifs is 1. The fourth-order valence-corrected chi connectivity index (χ4v) is 3.12. The van der Waals surface area contributed by atoms with E-state index in [1.807, 2.05) is 43.3 Å². The Labute approximate surface area is 169 Å². The van der Waals surface area contributed by atoms with Gasteiger partial charge in [-0.2, -0.15) is 0 Å². The molecule has 150 valence electrons. The lowest BCUT2D eigenvalue weighted by Crippen LogP contribution is -2.22. The largest absolute Gasteiger partial charge is 0.493 e. The van der Waals surface area contributed by atoms with E-state index in [-0.39, 0.29) is 11.1 Å². The first-order chi connectivity index (χ1) is 14.0. The van der Waals surface area contributed by atoms with Gasteiger partial charge < -0.3 is 9.84 Å². The number of unbranched alkanes of at least 4 members (excludes halogenated alkanes) is 1. The van der Waals surface area contributed by atoms with Crippen LogP contribution in [0.15, 0.2) is 47.4 Å². The number of ether oxygens (including phenoxy) is 1. The average Bonchev–Trinajstić information content (AvgIpc) is 2.72. The Hall–Kier alpha value is -3.41. The van der Waals surface area contributed by atoms with E-state index >= 15 is 0 Å². The maximum Gasteiger partial charge on any atom is 0.337 e. The van der Waals surface area contributed by atoms with Crippen molar-refractivity contribution in [1.82, 2.24) is 9.38 Å². The zero-order chi connectivity index (χ0) is 20.8. The van der Waals surface area contributed by atoms with E-state index in [1.165, 1.54) is 16.7 Å². The molecule has 0 aliphatic rings. The second kappa shape index (κ2) is 9.19. The van der Waals surface area contributed by atoms with Crippen LogP contribution in [0, 0.1) is 0 Å². The molecule has 2 heterocycles. The number of rotatable bonds is 8. The van der Waals surface area contributed by atoms with Crippen LogP contribution < -0.4 is 10.3 Å². The van der Waals surface area contributed by atoms with E-state index in [2.05, 4.69) is 11.9 Å². The number of nitrogens with zero attached hydrogens (tertiary/aromatic N) is 2. The number of aromatic carboxylic acids is 1. The fourth-order valence-electron chi connectivity index (χ4n) is 3.12. The molecule has 0 bridgehead atoms. The number of para-hydroxylation sites is 1. The molecule has 29 heavy (non-hydrogen) atoms. The van der Waals surface area contributed by atoms with E-state index in [9.17, 15) is 14.7 Å². The van der Waals surface area contributed by atoms with Crippen LogP contribution in [0.4, 0.5) is 0 Å². The monoisotopic (exact) mass is 392 g/mol. The number of benzene rings is 1. The topological polar surface area (TPSA) is 80.9 Å². The minimum absolute atomic E-state index is 0.0526. The second-order valence-corrected chi connectivity index (χ2v) is 6.64. The van der Waals surface area contributed by atoms with Crippen LogP contribution in [-0.2, 0) is 6.42 Å². The van der Waals surface area contributed by atoms with E-state index in [0.717, 1.165) is 24.2 Å². The normalized spacial score (nSPS) is 11.2. The Bertz CT molecular complexity index is 1120. The molecule has 3 rings (SSSR count). The van der Waals surface area contributed by atoms with Gasteiger partial charge >= 0.3 is 5.97 Å². The van der Waals surface area contributed by atoms with Gasteiger partial charge in [0.15, 0.2) is 0 Å². The number of carbonyl (C=O) groups is 1. The van der Waals surface area contributed by atoms with Crippen LogP contribution in [0.2, 0.25) is 0 Å². The zero-order valence-electron chi connectivity index (χ0n) is 16.6. The van der Waals surface area contributed by atoms with E-state index < -0.39 is 5.97 Å². The molecule has 0 aliphatic carbocycles. The first kappa shape index (κ1) is 20.3. The molecule has 0 aliphatic heterocycles. The highest BCUT2D eigenvalue weighted by Gasteiger charge is 2.13. The van der Waals surface area contributed by atoms with E-state index in [0.29, 0.717) is 29.9 Å². The summed E-state index contributed by atoms with van der Waals surface area (Å²) in [5, 5.41) is 9.22. The molecular weight excluding hydrogens is 368 g/mol. The molecule has 6 heteroatoms. The highest BCUT2D eigenvalue weighted by Crippen LogP contribution is 2.21. The van der Waals surface area contributed by atoms with Crippen molar-refractivity contribution in [2.24, 2.45) is 0 Å². The Morgan fingerprint density at radius 3 is 2.69 bits per heavy atom. The van der Waals surface area contributed by atoms with Crippen molar-refractivity contribution in [3.05, 3.63) is 75.3 Å². The van der Waals surface area contributed by atoms with Crippen molar-refractivity contribution in [1.29, 1.82) is 0 Å². The summed E-state index contributed by atoms with van der Waals surface area (Å²) in [5.41, 5.74) is 2.31.